The van der Waals surface area contributed by atoms with E-state index in [9.17, 15) is 9.59 Å². The summed E-state index contributed by atoms with van der Waals surface area (Å²) in [6.07, 6.45) is 9.24. The Kier molecular flexibility index (Phi) is 6.90. The first kappa shape index (κ1) is 24.2. The van der Waals surface area contributed by atoms with E-state index in [1.165, 1.54) is 19.4 Å². The number of carbonyl (C=O) groups excluding carboxylic acids is 2. The van der Waals surface area contributed by atoms with Gasteiger partial charge in [-0.05, 0) is 61.9 Å². The molecule has 0 aromatic rings. The highest BCUT2D eigenvalue weighted by Crippen LogP contribution is 2.64. The van der Waals surface area contributed by atoms with E-state index in [0.717, 1.165) is 50.7 Å². The van der Waals surface area contributed by atoms with Crippen LogP contribution in [-0.2, 0) is 23.9 Å². The van der Waals surface area contributed by atoms with Gasteiger partial charge in [-0.15, -0.1) is 0 Å². The van der Waals surface area contributed by atoms with Crippen molar-refractivity contribution in [3.05, 3.63) is 11.6 Å². The van der Waals surface area contributed by atoms with Crippen molar-refractivity contribution in [2.24, 2.45) is 33.7 Å². The summed E-state index contributed by atoms with van der Waals surface area (Å²) < 4.78 is 11.4. The van der Waals surface area contributed by atoms with E-state index < -0.39 is 0 Å². The molecule has 33 heavy (non-hydrogen) atoms. The quantitative estimate of drug-likeness (QED) is 0.362. The van der Waals surface area contributed by atoms with Crippen molar-refractivity contribution < 1.29 is 29.0 Å². The molecule has 0 heterocycles. The van der Waals surface area contributed by atoms with Crippen molar-refractivity contribution in [1.29, 1.82) is 0 Å². The van der Waals surface area contributed by atoms with Crippen LogP contribution in [0.3, 0.4) is 0 Å². The maximum atomic E-state index is 11.8. The summed E-state index contributed by atoms with van der Waals surface area (Å²) in [5, 5.41) is 13.7. The van der Waals surface area contributed by atoms with Crippen LogP contribution in [-0.4, -0.2) is 48.2 Å². The van der Waals surface area contributed by atoms with E-state index in [1.54, 1.807) is 0 Å². The second-order valence-corrected chi connectivity index (χ2v) is 10.9. The number of nitrogens with zero attached hydrogens (tertiary/aromatic N) is 1. The number of rotatable bonds is 6. The van der Waals surface area contributed by atoms with Crippen molar-refractivity contribution in [2.75, 3.05) is 13.2 Å². The normalized spacial score (nSPS) is 40.8. The molecule has 0 aliphatic heterocycles. The van der Waals surface area contributed by atoms with E-state index in [0.29, 0.717) is 24.9 Å². The zero-order valence-corrected chi connectivity index (χ0v) is 20.5. The first-order valence-corrected chi connectivity index (χ1v) is 12.5. The van der Waals surface area contributed by atoms with Gasteiger partial charge in [0.15, 0.2) is 0 Å². The first-order chi connectivity index (χ1) is 15.7. The van der Waals surface area contributed by atoms with E-state index in [2.05, 4.69) is 25.1 Å². The van der Waals surface area contributed by atoms with Crippen molar-refractivity contribution >= 4 is 17.7 Å². The summed E-state index contributed by atoms with van der Waals surface area (Å²) in [5.41, 5.74) is 2.26. The fourth-order valence-corrected chi connectivity index (χ4v) is 7.41. The molecule has 3 fully saturated rings. The average molecular weight is 462 g/mol. The summed E-state index contributed by atoms with van der Waals surface area (Å²) in [6.45, 7) is 8.10. The summed E-state index contributed by atoms with van der Waals surface area (Å²) in [5.74, 6) is 0.631. The smallest absolute Gasteiger partial charge is 0.302 e. The molecule has 3 unspecified atom stereocenters. The first-order valence-electron chi connectivity index (χ1n) is 12.5. The number of esters is 2. The van der Waals surface area contributed by atoms with Gasteiger partial charge in [0.05, 0.1) is 5.71 Å². The van der Waals surface area contributed by atoms with Crippen molar-refractivity contribution in [3.8, 4) is 0 Å². The molecule has 7 atom stereocenters. The molecule has 0 saturated heterocycles. The lowest BCUT2D eigenvalue weighted by Crippen LogP contribution is -2.54. The fraction of sp³-hybridized carbons (Fsp3) is 0.808. The van der Waals surface area contributed by atoms with Crippen LogP contribution < -0.4 is 0 Å². The van der Waals surface area contributed by atoms with Crippen LogP contribution in [0.4, 0.5) is 0 Å². The fourth-order valence-electron chi connectivity index (χ4n) is 7.41. The molecule has 1 N–H and O–H groups in total. The zero-order valence-electron chi connectivity index (χ0n) is 20.5. The standard InChI is InChI=1S/C26H39NO6/c1-16(29)32-19-8-10-25(3)18(14-19)15-22(27-31-13-5-12-28)24-20-6-7-23(33-17(2)30)26(20,4)11-9-21(24)25/h15,19-21,23-24,28H,5-14H2,1-4H3/b27-22-/t19-,20?,21?,23-,24?,25-,26-/m0/s1. The predicted octanol–water partition coefficient (Wildman–Crippen LogP) is 4.18. The second-order valence-electron chi connectivity index (χ2n) is 10.9. The molecular weight excluding hydrogens is 422 g/mol. The van der Waals surface area contributed by atoms with E-state index in [-0.39, 0.29) is 47.5 Å². The number of carbonyl (C=O) groups is 2. The Morgan fingerprint density at radius 2 is 1.82 bits per heavy atom. The van der Waals surface area contributed by atoms with Gasteiger partial charge in [0, 0.05) is 44.6 Å². The number of hydrogen-bond acceptors (Lipinski definition) is 7. The molecule has 7 nitrogen and oxygen atoms in total. The molecule has 0 bridgehead atoms. The minimum Gasteiger partial charge on any atom is -0.462 e. The average Bonchev–Trinajstić information content (AvgIpc) is 3.07. The lowest BCUT2D eigenvalue weighted by Gasteiger charge is -2.57. The van der Waals surface area contributed by atoms with Crippen LogP contribution in [0.15, 0.2) is 16.8 Å². The van der Waals surface area contributed by atoms with Crippen LogP contribution in [0, 0.1) is 28.6 Å². The zero-order chi connectivity index (χ0) is 23.8. The Balaban J connectivity index is 1.68. The molecule has 0 aromatic heterocycles. The summed E-state index contributed by atoms with van der Waals surface area (Å²) in [4.78, 5) is 29.0. The van der Waals surface area contributed by atoms with Crippen LogP contribution >= 0.6 is 0 Å². The number of fused-ring (bicyclic) bond motifs is 5. The molecule has 184 valence electrons. The van der Waals surface area contributed by atoms with Gasteiger partial charge in [-0.25, -0.2) is 0 Å². The molecule has 4 aliphatic carbocycles. The predicted molar refractivity (Wildman–Crippen MR) is 123 cm³/mol. The highest BCUT2D eigenvalue weighted by Gasteiger charge is 2.61. The maximum Gasteiger partial charge on any atom is 0.302 e. The Bertz CT molecular complexity index is 837. The molecule has 3 saturated carbocycles. The molecule has 0 radical (unpaired) electrons. The van der Waals surface area contributed by atoms with Gasteiger partial charge < -0.3 is 19.4 Å². The van der Waals surface area contributed by atoms with Gasteiger partial charge in [-0.2, -0.15) is 0 Å². The van der Waals surface area contributed by atoms with Crippen molar-refractivity contribution in [1.82, 2.24) is 0 Å². The van der Waals surface area contributed by atoms with Crippen LogP contribution in [0.5, 0.6) is 0 Å². The maximum absolute atomic E-state index is 11.8. The number of hydrogen-bond donors (Lipinski definition) is 1. The minimum atomic E-state index is -0.227. The topological polar surface area (TPSA) is 94.4 Å². The molecule has 7 heteroatoms. The Hall–Kier alpha value is -1.89. The number of aliphatic hydroxyl groups excluding tert-OH is 1. The summed E-state index contributed by atoms with van der Waals surface area (Å²) in [7, 11) is 0. The van der Waals surface area contributed by atoms with Gasteiger partial charge >= 0.3 is 11.9 Å². The third-order valence-corrected chi connectivity index (χ3v) is 9.04. The molecule has 4 rings (SSSR count). The van der Waals surface area contributed by atoms with Gasteiger partial charge in [-0.3, -0.25) is 9.59 Å². The van der Waals surface area contributed by atoms with Gasteiger partial charge in [0.25, 0.3) is 0 Å². The summed E-state index contributed by atoms with van der Waals surface area (Å²) in [6, 6.07) is 0. The van der Waals surface area contributed by atoms with Crippen LogP contribution in [0.1, 0.15) is 79.1 Å². The van der Waals surface area contributed by atoms with E-state index in [1.807, 2.05) is 0 Å². The van der Waals surface area contributed by atoms with Gasteiger partial charge in [-0.1, -0.05) is 24.6 Å². The minimum absolute atomic E-state index is 0.0459. The highest BCUT2D eigenvalue weighted by atomic mass is 16.6. The monoisotopic (exact) mass is 461 g/mol. The number of aliphatic hydroxyl groups is 1. The van der Waals surface area contributed by atoms with Crippen molar-refractivity contribution in [3.63, 3.8) is 0 Å². The number of allylic oxidation sites excluding steroid dienone is 1. The molecular formula is C26H39NO6. The Morgan fingerprint density at radius 1 is 1.06 bits per heavy atom. The SMILES string of the molecule is CC(=O)O[C@H]1CC[C@@]2(C)C(=C/C(=N/OCCCO)C3C2CC[C@@]2(C)C3CC[C@@H]2OC(C)=O)C1. The van der Waals surface area contributed by atoms with Gasteiger partial charge in [0.2, 0.25) is 0 Å². The summed E-state index contributed by atoms with van der Waals surface area (Å²) >= 11 is 0. The van der Waals surface area contributed by atoms with E-state index >= 15 is 0 Å². The number of oxime groups is 1. The molecule has 0 amide bonds. The van der Waals surface area contributed by atoms with E-state index in [4.69, 9.17) is 19.4 Å². The molecule has 0 spiro atoms. The van der Waals surface area contributed by atoms with Crippen LogP contribution in [0.25, 0.3) is 0 Å². The number of ether oxygens (including phenoxy) is 2. The van der Waals surface area contributed by atoms with Crippen LogP contribution in [0.2, 0.25) is 0 Å². The largest absolute Gasteiger partial charge is 0.462 e. The third kappa shape index (κ3) is 4.45. The third-order valence-electron chi connectivity index (χ3n) is 9.04. The molecule has 4 aliphatic rings. The highest BCUT2D eigenvalue weighted by molar-refractivity contribution is 5.99. The van der Waals surface area contributed by atoms with Gasteiger partial charge in [0.1, 0.15) is 18.8 Å². The second kappa shape index (κ2) is 9.40. The molecule has 0 aromatic carbocycles. The lowest BCUT2D eigenvalue weighted by molar-refractivity contribution is -0.155. The Morgan fingerprint density at radius 3 is 2.52 bits per heavy atom. The lowest BCUT2D eigenvalue weighted by atomic mass is 9.47. The Labute approximate surface area is 196 Å². The van der Waals surface area contributed by atoms with Crippen molar-refractivity contribution in [2.45, 2.75) is 91.3 Å².